The third kappa shape index (κ3) is 3.71. The van der Waals surface area contributed by atoms with Crippen LogP contribution >= 0.6 is 12.4 Å². The molecule has 0 radical (unpaired) electrons. The molecule has 0 amide bonds. The van der Waals surface area contributed by atoms with Crippen molar-refractivity contribution in [3.05, 3.63) is 34.4 Å². The molecule has 0 aromatic heterocycles. The molecule has 0 bridgehead atoms. The normalized spacial score (nSPS) is 15.7. The summed E-state index contributed by atoms with van der Waals surface area (Å²) in [4.78, 5) is 0. The summed E-state index contributed by atoms with van der Waals surface area (Å²) in [5, 5.41) is 10.2. The van der Waals surface area contributed by atoms with Crippen LogP contribution in [0, 0.1) is 26.7 Å². The van der Waals surface area contributed by atoms with Crippen LogP contribution in [0.3, 0.4) is 0 Å². The Bertz CT molecular complexity index is 369. The Balaban J connectivity index is 0.00000289. The lowest BCUT2D eigenvalue weighted by atomic mass is 9.86. The lowest BCUT2D eigenvalue weighted by molar-refractivity contribution is 0.0875. The Hall–Kier alpha value is -0.570. The first-order chi connectivity index (χ1) is 7.88. The van der Waals surface area contributed by atoms with E-state index in [9.17, 15) is 5.11 Å². The monoisotopic (exact) mass is 271 g/mol. The first-order valence-electron chi connectivity index (χ1n) is 6.39. The molecule has 3 N–H and O–H groups in total. The molecule has 3 heteroatoms. The smallest absolute Gasteiger partial charge is 0.0758 e. The second-order valence-corrected chi connectivity index (χ2v) is 5.21. The predicted molar refractivity (Wildman–Crippen MR) is 80.3 cm³/mol. The highest BCUT2D eigenvalue weighted by Gasteiger charge is 2.24. The van der Waals surface area contributed by atoms with E-state index in [2.05, 4.69) is 39.8 Å². The molecule has 0 spiro atoms. The number of benzene rings is 1. The van der Waals surface area contributed by atoms with Crippen LogP contribution in [0.5, 0.6) is 0 Å². The van der Waals surface area contributed by atoms with E-state index in [-0.39, 0.29) is 24.4 Å². The van der Waals surface area contributed by atoms with Gasteiger partial charge in [0.2, 0.25) is 0 Å². The minimum absolute atomic E-state index is 0. The molecule has 18 heavy (non-hydrogen) atoms. The van der Waals surface area contributed by atoms with Crippen LogP contribution in [0.15, 0.2) is 12.1 Å². The van der Waals surface area contributed by atoms with Crippen molar-refractivity contribution in [2.24, 2.45) is 11.7 Å². The predicted octanol–water partition coefficient (Wildman–Crippen LogP) is 3.44. The van der Waals surface area contributed by atoms with Crippen molar-refractivity contribution in [2.45, 2.75) is 53.2 Å². The fourth-order valence-electron chi connectivity index (χ4n) is 2.48. The minimum Gasteiger partial charge on any atom is -0.391 e. The quantitative estimate of drug-likeness (QED) is 0.881. The molecule has 0 heterocycles. The molecule has 0 fully saturated rings. The average molecular weight is 272 g/mol. The van der Waals surface area contributed by atoms with E-state index in [1.54, 1.807) is 0 Å². The average Bonchev–Trinajstić information content (AvgIpc) is 2.25. The van der Waals surface area contributed by atoms with Crippen LogP contribution in [0.4, 0.5) is 0 Å². The molecule has 1 unspecified atom stereocenters. The summed E-state index contributed by atoms with van der Waals surface area (Å²) < 4.78 is 0. The maximum absolute atomic E-state index is 10.2. The third-order valence-corrected chi connectivity index (χ3v) is 3.67. The molecule has 1 rings (SSSR count). The van der Waals surface area contributed by atoms with Crippen molar-refractivity contribution < 1.29 is 5.11 Å². The number of rotatable bonds is 4. The lowest BCUT2D eigenvalue weighted by Gasteiger charge is -2.27. The maximum Gasteiger partial charge on any atom is 0.0758 e. The number of aliphatic hydroxyl groups excluding tert-OH is 1. The molecule has 0 aliphatic heterocycles. The Morgan fingerprint density at radius 1 is 1.17 bits per heavy atom. The molecular formula is C15H26ClNO. The van der Waals surface area contributed by atoms with Crippen LogP contribution in [0.1, 0.15) is 48.6 Å². The first kappa shape index (κ1) is 17.4. The molecule has 0 saturated heterocycles. The first-order valence-corrected chi connectivity index (χ1v) is 6.39. The van der Waals surface area contributed by atoms with E-state index in [0.717, 1.165) is 12.0 Å². The zero-order chi connectivity index (χ0) is 13.2. The second-order valence-electron chi connectivity index (χ2n) is 5.21. The van der Waals surface area contributed by atoms with Crippen LogP contribution in [-0.2, 0) is 0 Å². The van der Waals surface area contributed by atoms with Crippen LogP contribution in [0.2, 0.25) is 0 Å². The van der Waals surface area contributed by atoms with Crippen molar-refractivity contribution in [2.75, 3.05) is 0 Å². The molecule has 0 aliphatic rings. The third-order valence-electron chi connectivity index (χ3n) is 3.67. The molecule has 1 aromatic rings. The Kier molecular flexibility index (Phi) is 6.90. The van der Waals surface area contributed by atoms with Gasteiger partial charge in [-0.2, -0.15) is 0 Å². The van der Waals surface area contributed by atoms with Crippen molar-refractivity contribution in [3.8, 4) is 0 Å². The number of aryl methyl sites for hydroxylation is 3. The zero-order valence-corrected chi connectivity index (χ0v) is 12.8. The summed E-state index contributed by atoms with van der Waals surface area (Å²) in [5.41, 5.74) is 10.9. The van der Waals surface area contributed by atoms with Crippen molar-refractivity contribution in [1.82, 2.24) is 0 Å². The lowest BCUT2D eigenvalue weighted by Crippen LogP contribution is -2.32. The number of nitrogens with two attached hydrogens (primary N) is 1. The fourth-order valence-corrected chi connectivity index (χ4v) is 2.48. The standard InChI is InChI=1S/C15H25NO.ClH/c1-6-10(3)15(17)14(16)13-11(4)7-9(2)8-12(13)5;/h7-8,10,14-15,17H,6,16H2,1-5H3;1H/t10?,14-,15+;/m1./s1. The van der Waals surface area contributed by atoms with Gasteiger partial charge in [-0.3, -0.25) is 0 Å². The van der Waals surface area contributed by atoms with Crippen LogP contribution in [-0.4, -0.2) is 11.2 Å². The van der Waals surface area contributed by atoms with Gasteiger partial charge >= 0.3 is 0 Å². The highest BCUT2D eigenvalue weighted by molar-refractivity contribution is 5.85. The Morgan fingerprint density at radius 3 is 2.00 bits per heavy atom. The van der Waals surface area contributed by atoms with Crippen LogP contribution < -0.4 is 5.73 Å². The second kappa shape index (κ2) is 7.13. The van der Waals surface area contributed by atoms with Gasteiger partial charge < -0.3 is 10.8 Å². The van der Waals surface area contributed by atoms with E-state index < -0.39 is 6.10 Å². The minimum atomic E-state index is -0.472. The van der Waals surface area contributed by atoms with E-state index in [0.29, 0.717) is 0 Å². The highest BCUT2D eigenvalue weighted by Crippen LogP contribution is 2.27. The van der Waals surface area contributed by atoms with Crippen molar-refractivity contribution in [1.29, 1.82) is 0 Å². The Labute approximate surface area is 117 Å². The van der Waals surface area contributed by atoms with Crippen LogP contribution in [0.25, 0.3) is 0 Å². The summed E-state index contributed by atoms with van der Waals surface area (Å²) in [5.74, 6) is 0.227. The summed E-state index contributed by atoms with van der Waals surface area (Å²) in [7, 11) is 0. The molecule has 1 aromatic carbocycles. The van der Waals surface area contributed by atoms with Gasteiger partial charge in [-0.05, 0) is 43.4 Å². The van der Waals surface area contributed by atoms with Gasteiger partial charge in [0.25, 0.3) is 0 Å². The van der Waals surface area contributed by atoms with Gasteiger partial charge in [-0.15, -0.1) is 12.4 Å². The maximum atomic E-state index is 10.2. The van der Waals surface area contributed by atoms with E-state index in [1.165, 1.54) is 16.7 Å². The topological polar surface area (TPSA) is 46.2 Å². The molecule has 0 saturated carbocycles. The fraction of sp³-hybridized carbons (Fsp3) is 0.600. The van der Waals surface area contributed by atoms with Gasteiger partial charge in [0.05, 0.1) is 12.1 Å². The SMILES string of the molecule is CCC(C)[C@H](O)[C@H](N)c1c(C)cc(C)cc1C.Cl. The molecule has 0 aliphatic carbocycles. The summed E-state index contributed by atoms with van der Waals surface area (Å²) >= 11 is 0. The van der Waals surface area contributed by atoms with E-state index in [4.69, 9.17) is 5.73 Å². The number of hydrogen-bond acceptors (Lipinski definition) is 2. The number of hydrogen-bond donors (Lipinski definition) is 2. The number of aliphatic hydroxyl groups is 1. The summed E-state index contributed by atoms with van der Waals surface area (Å²) in [6, 6.07) is 3.97. The van der Waals surface area contributed by atoms with Gasteiger partial charge in [0.1, 0.15) is 0 Å². The molecule has 2 nitrogen and oxygen atoms in total. The highest BCUT2D eigenvalue weighted by atomic mass is 35.5. The van der Waals surface area contributed by atoms with Gasteiger partial charge in [-0.1, -0.05) is 38.0 Å². The molecular weight excluding hydrogens is 246 g/mol. The van der Waals surface area contributed by atoms with Crippen molar-refractivity contribution in [3.63, 3.8) is 0 Å². The van der Waals surface area contributed by atoms with E-state index >= 15 is 0 Å². The summed E-state index contributed by atoms with van der Waals surface area (Å²) in [6.07, 6.45) is 0.471. The summed E-state index contributed by atoms with van der Waals surface area (Å²) in [6.45, 7) is 10.3. The van der Waals surface area contributed by atoms with Gasteiger partial charge in [0.15, 0.2) is 0 Å². The molecule has 104 valence electrons. The Morgan fingerprint density at radius 2 is 1.61 bits per heavy atom. The zero-order valence-electron chi connectivity index (χ0n) is 12.0. The van der Waals surface area contributed by atoms with E-state index in [1.807, 2.05) is 6.92 Å². The largest absolute Gasteiger partial charge is 0.391 e. The van der Waals surface area contributed by atoms with Gasteiger partial charge in [0, 0.05) is 0 Å². The van der Waals surface area contributed by atoms with Crippen molar-refractivity contribution >= 4 is 12.4 Å². The van der Waals surface area contributed by atoms with Gasteiger partial charge in [-0.25, -0.2) is 0 Å². The molecule has 3 atom stereocenters. The number of halogens is 1.